The lowest BCUT2D eigenvalue weighted by Crippen LogP contribution is -1.98. The van der Waals surface area contributed by atoms with Crippen LogP contribution < -0.4 is 0 Å². The van der Waals surface area contributed by atoms with E-state index in [0.29, 0.717) is 5.69 Å². The Labute approximate surface area is 78.9 Å². The Morgan fingerprint density at radius 1 is 1.38 bits per heavy atom. The number of nitrogens with zero attached hydrogens (tertiary/aromatic N) is 2. The Bertz CT molecular complexity index is 250. The maximum atomic E-state index is 8.84. The van der Waals surface area contributed by atoms with Gasteiger partial charge in [0.05, 0.1) is 12.3 Å². The van der Waals surface area contributed by atoms with Crippen LogP contribution in [0.2, 0.25) is 0 Å². The maximum absolute atomic E-state index is 8.84. The van der Waals surface area contributed by atoms with Gasteiger partial charge in [0, 0.05) is 12.6 Å². The number of hydrogen-bond acceptors (Lipinski definition) is 3. The van der Waals surface area contributed by atoms with Crippen molar-refractivity contribution in [2.24, 2.45) is 0 Å². The van der Waals surface area contributed by atoms with Gasteiger partial charge >= 0.3 is 0 Å². The summed E-state index contributed by atoms with van der Waals surface area (Å²) in [6, 6.07) is 1.74. The Kier molecular flexibility index (Phi) is 4.40. The van der Waals surface area contributed by atoms with Gasteiger partial charge in [0.25, 0.3) is 0 Å². The first kappa shape index (κ1) is 10.1. The standard InChI is InChI=1S/C10H16N2O/c1-2-3-4-5-10-11-7-6-9(8-13)12-10/h6-7,13H,2-5,8H2,1H3. The minimum absolute atomic E-state index is 0.00327. The highest BCUT2D eigenvalue weighted by molar-refractivity contribution is 5.00. The number of hydrogen-bond donors (Lipinski definition) is 1. The molecule has 0 saturated carbocycles. The van der Waals surface area contributed by atoms with Crippen LogP contribution in [0, 0.1) is 0 Å². The predicted molar refractivity (Wildman–Crippen MR) is 51.2 cm³/mol. The third kappa shape index (κ3) is 3.51. The van der Waals surface area contributed by atoms with E-state index in [1.165, 1.54) is 12.8 Å². The highest BCUT2D eigenvalue weighted by Gasteiger charge is 1.97. The first-order valence-electron chi connectivity index (χ1n) is 4.78. The average molecular weight is 180 g/mol. The largest absolute Gasteiger partial charge is 0.390 e. The number of aryl methyl sites for hydroxylation is 1. The average Bonchev–Trinajstić information content (AvgIpc) is 2.19. The van der Waals surface area contributed by atoms with Crippen LogP contribution in [0.15, 0.2) is 12.3 Å². The molecule has 1 heterocycles. The molecule has 1 aromatic heterocycles. The summed E-state index contributed by atoms with van der Waals surface area (Å²) in [5.74, 6) is 0.847. The van der Waals surface area contributed by atoms with Gasteiger partial charge in [0.2, 0.25) is 0 Å². The molecule has 3 nitrogen and oxygen atoms in total. The third-order valence-corrected chi connectivity index (χ3v) is 1.93. The first-order valence-corrected chi connectivity index (χ1v) is 4.78. The molecule has 1 aromatic rings. The Morgan fingerprint density at radius 3 is 2.92 bits per heavy atom. The van der Waals surface area contributed by atoms with E-state index in [1.807, 2.05) is 0 Å². The molecule has 0 amide bonds. The second-order valence-corrected chi connectivity index (χ2v) is 3.08. The fraction of sp³-hybridized carbons (Fsp3) is 0.600. The molecule has 0 atom stereocenters. The highest BCUT2D eigenvalue weighted by Crippen LogP contribution is 2.02. The van der Waals surface area contributed by atoms with Gasteiger partial charge < -0.3 is 5.11 Å². The van der Waals surface area contributed by atoms with Crippen LogP contribution in [-0.4, -0.2) is 15.1 Å². The van der Waals surface area contributed by atoms with Gasteiger partial charge in [-0.25, -0.2) is 9.97 Å². The van der Waals surface area contributed by atoms with Gasteiger partial charge in [-0.05, 0) is 12.5 Å². The van der Waals surface area contributed by atoms with E-state index in [1.54, 1.807) is 12.3 Å². The predicted octanol–water partition coefficient (Wildman–Crippen LogP) is 1.70. The van der Waals surface area contributed by atoms with Gasteiger partial charge in [-0.1, -0.05) is 19.8 Å². The lowest BCUT2D eigenvalue weighted by Gasteiger charge is -2.00. The number of rotatable bonds is 5. The molecular formula is C10H16N2O. The summed E-state index contributed by atoms with van der Waals surface area (Å²) in [6.07, 6.45) is 6.18. The quantitative estimate of drug-likeness (QED) is 0.701. The minimum atomic E-state index is 0.00327. The fourth-order valence-corrected chi connectivity index (χ4v) is 1.18. The van der Waals surface area contributed by atoms with E-state index in [2.05, 4.69) is 16.9 Å². The van der Waals surface area contributed by atoms with Gasteiger partial charge in [-0.2, -0.15) is 0 Å². The Hall–Kier alpha value is -0.960. The van der Waals surface area contributed by atoms with E-state index < -0.39 is 0 Å². The van der Waals surface area contributed by atoms with Crippen molar-refractivity contribution in [1.82, 2.24) is 9.97 Å². The molecule has 0 aliphatic heterocycles. The van der Waals surface area contributed by atoms with E-state index in [-0.39, 0.29) is 6.61 Å². The monoisotopic (exact) mass is 180 g/mol. The second-order valence-electron chi connectivity index (χ2n) is 3.08. The maximum Gasteiger partial charge on any atom is 0.128 e. The van der Waals surface area contributed by atoms with Crippen LogP contribution in [0.25, 0.3) is 0 Å². The zero-order valence-corrected chi connectivity index (χ0v) is 8.03. The van der Waals surface area contributed by atoms with Crippen molar-refractivity contribution in [1.29, 1.82) is 0 Å². The van der Waals surface area contributed by atoms with Crippen LogP contribution >= 0.6 is 0 Å². The van der Waals surface area contributed by atoms with Crippen LogP contribution in [0.1, 0.15) is 37.7 Å². The molecular weight excluding hydrogens is 164 g/mol. The van der Waals surface area contributed by atoms with Crippen molar-refractivity contribution in [3.05, 3.63) is 23.8 Å². The summed E-state index contributed by atoms with van der Waals surface area (Å²) in [6.45, 7) is 2.17. The molecule has 0 aliphatic carbocycles. The highest BCUT2D eigenvalue weighted by atomic mass is 16.3. The molecule has 1 rings (SSSR count). The normalized spacial score (nSPS) is 10.3. The van der Waals surface area contributed by atoms with Crippen LogP contribution in [0.4, 0.5) is 0 Å². The molecule has 0 saturated heterocycles. The van der Waals surface area contributed by atoms with Gasteiger partial charge in [-0.15, -0.1) is 0 Å². The Morgan fingerprint density at radius 2 is 2.23 bits per heavy atom. The lowest BCUT2D eigenvalue weighted by atomic mass is 10.2. The van der Waals surface area contributed by atoms with Crippen molar-refractivity contribution in [3.63, 3.8) is 0 Å². The summed E-state index contributed by atoms with van der Waals surface area (Å²) < 4.78 is 0. The second kappa shape index (κ2) is 5.65. The smallest absolute Gasteiger partial charge is 0.128 e. The lowest BCUT2D eigenvalue weighted by molar-refractivity contribution is 0.276. The van der Waals surface area contributed by atoms with Crippen LogP contribution in [-0.2, 0) is 13.0 Å². The molecule has 13 heavy (non-hydrogen) atoms. The molecule has 0 fully saturated rings. The summed E-state index contributed by atoms with van der Waals surface area (Å²) in [5.41, 5.74) is 0.710. The van der Waals surface area contributed by atoms with E-state index in [9.17, 15) is 0 Å². The van der Waals surface area contributed by atoms with Crippen LogP contribution in [0.3, 0.4) is 0 Å². The molecule has 72 valence electrons. The number of unbranched alkanes of at least 4 members (excludes halogenated alkanes) is 2. The van der Waals surface area contributed by atoms with Crippen molar-refractivity contribution < 1.29 is 5.11 Å². The van der Waals surface area contributed by atoms with Crippen molar-refractivity contribution in [3.8, 4) is 0 Å². The van der Waals surface area contributed by atoms with Crippen molar-refractivity contribution in [2.75, 3.05) is 0 Å². The van der Waals surface area contributed by atoms with E-state index in [0.717, 1.165) is 18.7 Å². The summed E-state index contributed by atoms with van der Waals surface area (Å²) in [4.78, 5) is 8.34. The number of aliphatic hydroxyl groups is 1. The van der Waals surface area contributed by atoms with Crippen LogP contribution in [0.5, 0.6) is 0 Å². The molecule has 0 spiro atoms. The summed E-state index contributed by atoms with van der Waals surface area (Å²) in [7, 11) is 0. The molecule has 0 radical (unpaired) electrons. The zero-order chi connectivity index (χ0) is 9.52. The number of aliphatic hydroxyl groups excluding tert-OH is 1. The van der Waals surface area contributed by atoms with E-state index >= 15 is 0 Å². The number of aromatic nitrogens is 2. The first-order chi connectivity index (χ1) is 6.36. The van der Waals surface area contributed by atoms with Crippen molar-refractivity contribution >= 4 is 0 Å². The van der Waals surface area contributed by atoms with Crippen molar-refractivity contribution in [2.45, 2.75) is 39.2 Å². The molecule has 0 aromatic carbocycles. The topological polar surface area (TPSA) is 46.0 Å². The van der Waals surface area contributed by atoms with Gasteiger partial charge in [0.1, 0.15) is 5.82 Å². The molecule has 3 heteroatoms. The molecule has 0 unspecified atom stereocenters. The molecule has 0 bridgehead atoms. The Balaban J connectivity index is 2.46. The molecule has 0 aliphatic rings. The SMILES string of the molecule is CCCCCc1nccc(CO)n1. The summed E-state index contributed by atoms with van der Waals surface area (Å²) in [5, 5.41) is 8.84. The third-order valence-electron chi connectivity index (χ3n) is 1.93. The van der Waals surface area contributed by atoms with E-state index in [4.69, 9.17) is 5.11 Å². The fourth-order valence-electron chi connectivity index (χ4n) is 1.18. The minimum Gasteiger partial charge on any atom is -0.390 e. The summed E-state index contributed by atoms with van der Waals surface area (Å²) >= 11 is 0. The zero-order valence-electron chi connectivity index (χ0n) is 8.03. The molecule has 1 N–H and O–H groups in total. The van der Waals surface area contributed by atoms with Gasteiger partial charge in [0.15, 0.2) is 0 Å². The van der Waals surface area contributed by atoms with Gasteiger partial charge in [-0.3, -0.25) is 0 Å².